The average molecular weight is 383 g/mol. The summed E-state index contributed by atoms with van der Waals surface area (Å²) >= 11 is 0. The number of benzene rings is 2. The summed E-state index contributed by atoms with van der Waals surface area (Å²) in [5, 5.41) is 2.61. The molecule has 0 saturated heterocycles. The molecular weight excluding hydrogens is 363 g/mol. The van der Waals surface area contributed by atoms with Crippen LogP contribution in [0.2, 0.25) is 0 Å². The van der Waals surface area contributed by atoms with E-state index in [1.807, 2.05) is 6.07 Å². The summed E-state index contributed by atoms with van der Waals surface area (Å²) in [5.74, 6) is 0.225. The lowest BCUT2D eigenvalue weighted by Crippen LogP contribution is -2.26. The van der Waals surface area contributed by atoms with Gasteiger partial charge in [-0.1, -0.05) is 6.07 Å². The SMILES string of the molecule is COc1ccc(CCNC(=O)c2ccc(OC)c(C(F)(F)F)c2)cc1OC. The molecule has 0 aliphatic rings. The maximum atomic E-state index is 13.1. The number of carbonyl (C=O) groups is 1. The van der Waals surface area contributed by atoms with E-state index in [-0.39, 0.29) is 17.9 Å². The van der Waals surface area contributed by atoms with E-state index in [1.54, 1.807) is 12.1 Å². The summed E-state index contributed by atoms with van der Waals surface area (Å²) in [4.78, 5) is 12.2. The standard InChI is InChI=1S/C19H20F3NO4/c1-25-15-7-5-13(11-14(15)19(20,21)22)18(24)23-9-8-12-4-6-16(26-2)17(10-12)27-3/h4-7,10-11H,8-9H2,1-3H3,(H,23,24). The van der Waals surface area contributed by atoms with Crippen LogP contribution in [-0.4, -0.2) is 33.8 Å². The van der Waals surface area contributed by atoms with Crippen LogP contribution in [0.1, 0.15) is 21.5 Å². The van der Waals surface area contributed by atoms with Crippen molar-refractivity contribution in [3.05, 3.63) is 53.1 Å². The number of rotatable bonds is 7. The van der Waals surface area contributed by atoms with Crippen molar-refractivity contribution < 1.29 is 32.2 Å². The molecule has 146 valence electrons. The Labute approximate surface area is 155 Å². The van der Waals surface area contributed by atoms with Gasteiger partial charge in [0, 0.05) is 12.1 Å². The number of hydrogen-bond donors (Lipinski definition) is 1. The molecule has 1 amide bonds. The number of nitrogens with one attached hydrogen (secondary N) is 1. The number of methoxy groups -OCH3 is 3. The van der Waals surface area contributed by atoms with Gasteiger partial charge in [0.15, 0.2) is 11.5 Å². The molecule has 5 nitrogen and oxygen atoms in total. The van der Waals surface area contributed by atoms with Crippen LogP contribution in [0.15, 0.2) is 36.4 Å². The summed E-state index contributed by atoms with van der Waals surface area (Å²) < 4.78 is 54.2. The molecule has 0 saturated carbocycles. The van der Waals surface area contributed by atoms with Gasteiger partial charge in [0.25, 0.3) is 5.91 Å². The molecule has 0 aliphatic carbocycles. The molecule has 0 fully saturated rings. The maximum Gasteiger partial charge on any atom is 0.419 e. The molecule has 0 atom stereocenters. The highest BCUT2D eigenvalue weighted by Gasteiger charge is 2.35. The van der Waals surface area contributed by atoms with Crippen LogP contribution in [0.5, 0.6) is 17.2 Å². The molecule has 27 heavy (non-hydrogen) atoms. The van der Waals surface area contributed by atoms with Crippen molar-refractivity contribution in [1.82, 2.24) is 5.32 Å². The molecule has 1 N–H and O–H groups in total. The fourth-order valence-electron chi connectivity index (χ4n) is 2.53. The normalized spacial score (nSPS) is 11.0. The highest BCUT2D eigenvalue weighted by molar-refractivity contribution is 5.94. The van der Waals surface area contributed by atoms with Gasteiger partial charge in [-0.2, -0.15) is 13.2 Å². The van der Waals surface area contributed by atoms with Crippen molar-refractivity contribution >= 4 is 5.91 Å². The first kappa shape index (κ1) is 20.4. The first-order valence-corrected chi connectivity index (χ1v) is 8.04. The minimum atomic E-state index is -4.61. The summed E-state index contributed by atoms with van der Waals surface area (Å²) in [6.45, 7) is 0.252. The van der Waals surface area contributed by atoms with Crippen LogP contribution in [0.25, 0.3) is 0 Å². The molecule has 0 heterocycles. The minimum absolute atomic E-state index is 0.0876. The van der Waals surface area contributed by atoms with Gasteiger partial charge >= 0.3 is 6.18 Å². The van der Waals surface area contributed by atoms with E-state index in [1.165, 1.54) is 20.3 Å². The molecule has 2 aromatic rings. The van der Waals surface area contributed by atoms with Gasteiger partial charge in [-0.05, 0) is 42.3 Å². The zero-order valence-electron chi connectivity index (χ0n) is 15.1. The second-order valence-corrected chi connectivity index (χ2v) is 5.61. The average Bonchev–Trinajstić information content (AvgIpc) is 2.66. The molecule has 0 aliphatic heterocycles. The molecule has 0 radical (unpaired) electrons. The number of alkyl halides is 3. The number of hydrogen-bond acceptors (Lipinski definition) is 4. The Morgan fingerprint density at radius 3 is 2.15 bits per heavy atom. The van der Waals surface area contributed by atoms with Crippen molar-refractivity contribution in [3.63, 3.8) is 0 Å². The van der Waals surface area contributed by atoms with Gasteiger partial charge in [-0.25, -0.2) is 0 Å². The largest absolute Gasteiger partial charge is 0.496 e. The molecule has 0 bridgehead atoms. The van der Waals surface area contributed by atoms with E-state index < -0.39 is 17.6 Å². The summed E-state index contributed by atoms with van der Waals surface area (Å²) in [6.07, 6.45) is -4.13. The van der Waals surface area contributed by atoms with Gasteiger partial charge in [0.2, 0.25) is 0 Å². The van der Waals surface area contributed by atoms with E-state index in [4.69, 9.17) is 14.2 Å². The number of amides is 1. The van der Waals surface area contributed by atoms with Gasteiger partial charge in [-0.3, -0.25) is 4.79 Å². The Bertz CT molecular complexity index is 806. The zero-order chi connectivity index (χ0) is 20.0. The summed E-state index contributed by atoms with van der Waals surface area (Å²) in [6, 6.07) is 8.55. The Morgan fingerprint density at radius 1 is 0.926 bits per heavy atom. The topological polar surface area (TPSA) is 56.8 Å². The predicted octanol–water partition coefficient (Wildman–Crippen LogP) is 3.70. The Balaban J connectivity index is 2.04. The van der Waals surface area contributed by atoms with Gasteiger partial charge < -0.3 is 19.5 Å². The quantitative estimate of drug-likeness (QED) is 0.792. The first-order valence-electron chi connectivity index (χ1n) is 8.04. The van der Waals surface area contributed by atoms with Crippen LogP contribution in [0.3, 0.4) is 0 Å². The monoisotopic (exact) mass is 383 g/mol. The van der Waals surface area contributed by atoms with Gasteiger partial charge in [0.05, 0.1) is 26.9 Å². The first-order chi connectivity index (χ1) is 12.8. The fourth-order valence-corrected chi connectivity index (χ4v) is 2.53. The van der Waals surface area contributed by atoms with Crippen molar-refractivity contribution in [1.29, 1.82) is 0 Å². The van der Waals surface area contributed by atoms with Crippen molar-refractivity contribution in [3.8, 4) is 17.2 Å². The third-order valence-electron chi connectivity index (χ3n) is 3.91. The molecule has 0 spiro atoms. The summed E-state index contributed by atoms with van der Waals surface area (Å²) in [7, 11) is 4.20. The van der Waals surface area contributed by atoms with E-state index >= 15 is 0 Å². The lowest BCUT2D eigenvalue weighted by Gasteiger charge is -2.13. The lowest BCUT2D eigenvalue weighted by atomic mass is 10.1. The molecular formula is C19H20F3NO4. The molecule has 0 aromatic heterocycles. The van der Waals surface area contributed by atoms with Crippen molar-refractivity contribution in [2.45, 2.75) is 12.6 Å². The third kappa shape index (κ3) is 5.06. The van der Waals surface area contributed by atoms with Crippen LogP contribution in [0.4, 0.5) is 13.2 Å². The van der Waals surface area contributed by atoms with Crippen LogP contribution in [-0.2, 0) is 12.6 Å². The van der Waals surface area contributed by atoms with Crippen molar-refractivity contribution in [2.24, 2.45) is 0 Å². The zero-order valence-corrected chi connectivity index (χ0v) is 15.1. The predicted molar refractivity (Wildman–Crippen MR) is 93.6 cm³/mol. The maximum absolute atomic E-state index is 13.1. The van der Waals surface area contributed by atoms with Crippen LogP contribution >= 0.6 is 0 Å². The fraction of sp³-hybridized carbons (Fsp3) is 0.316. The molecule has 8 heteroatoms. The van der Waals surface area contributed by atoms with E-state index in [0.29, 0.717) is 17.9 Å². The number of carbonyl (C=O) groups excluding carboxylic acids is 1. The Morgan fingerprint density at radius 2 is 1.56 bits per heavy atom. The van der Waals surface area contributed by atoms with Crippen molar-refractivity contribution in [2.75, 3.05) is 27.9 Å². The second kappa shape index (κ2) is 8.66. The van der Waals surface area contributed by atoms with E-state index in [9.17, 15) is 18.0 Å². The third-order valence-corrected chi connectivity index (χ3v) is 3.91. The molecule has 2 aromatic carbocycles. The summed E-state index contributed by atoms with van der Waals surface area (Å²) in [5.41, 5.74) is -0.188. The van der Waals surface area contributed by atoms with Gasteiger partial charge in [-0.15, -0.1) is 0 Å². The van der Waals surface area contributed by atoms with E-state index in [2.05, 4.69) is 5.32 Å². The smallest absolute Gasteiger partial charge is 0.419 e. The Hall–Kier alpha value is -2.90. The van der Waals surface area contributed by atoms with E-state index in [0.717, 1.165) is 24.8 Å². The highest BCUT2D eigenvalue weighted by Crippen LogP contribution is 2.36. The van der Waals surface area contributed by atoms with Crippen LogP contribution in [0, 0.1) is 0 Å². The Kier molecular flexibility index (Phi) is 6.55. The second-order valence-electron chi connectivity index (χ2n) is 5.61. The van der Waals surface area contributed by atoms with Crippen LogP contribution < -0.4 is 19.5 Å². The number of ether oxygens (including phenoxy) is 3. The molecule has 2 rings (SSSR count). The number of halogens is 3. The molecule has 0 unspecified atom stereocenters. The minimum Gasteiger partial charge on any atom is -0.496 e. The highest BCUT2D eigenvalue weighted by atomic mass is 19.4. The van der Waals surface area contributed by atoms with Gasteiger partial charge in [0.1, 0.15) is 5.75 Å². The lowest BCUT2D eigenvalue weighted by molar-refractivity contribution is -0.138.